The van der Waals surface area contributed by atoms with Crippen molar-refractivity contribution in [3.8, 4) is 12.0 Å². The summed E-state index contributed by atoms with van der Waals surface area (Å²) in [7, 11) is -1.67. The summed E-state index contributed by atoms with van der Waals surface area (Å²) in [5.41, 5.74) is 1.49. The molecule has 0 amide bonds. The van der Waals surface area contributed by atoms with Gasteiger partial charge in [-0.25, -0.2) is 19.5 Å². The van der Waals surface area contributed by atoms with Gasteiger partial charge in [-0.1, -0.05) is 26.7 Å². The third kappa shape index (κ3) is 3.68. The summed E-state index contributed by atoms with van der Waals surface area (Å²) in [5, 5.41) is 0.234. The molecular weight excluding hydrogens is 280 g/mol. The van der Waals surface area contributed by atoms with Crippen LogP contribution in [-0.2, 0) is 4.43 Å². The highest BCUT2D eigenvalue weighted by Gasteiger charge is 2.36. The summed E-state index contributed by atoms with van der Waals surface area (Å²) in [6, 6.07) is 3.04. The van der Waals surface area contributed by atoms with Crippen LogP contribution < -0.4 is 0 Å². The van der Waals surface area contributed by atoms with E-state index in [1.165, 1.54) is 6.33 Å². The van der Waals surface area contributed by atoms with Crippen LogP contribution in [0.2, 0.25) is 18.1 Å². The third-order valence-electron chi connectivity index (χ3n) is 3.91. The molecule has 21 heavy (non-hydrogen) atoms. The highest BCUT2D eigenvalue weighted by Crippen LogP contribution is 2.36. The lowest BCUT2D eigenvalue weighted by Crippen LogP contribution is -2.40. The zero-order valence-electron chi connectivity index (χ0n) is 13.3. The highest BCUT2D eigenvalue weighted by molar-refractivity contribution is 6.74. The van der Waals surface area contributed by atoms with E-state index in [2.05, 4.69) is 60.8 Å². The molecule has 0 aromatic carbocycles. The fourth-order valence-corrected chi connectivity index (χ4v) is 2.61. The summed E-state index contributed by atoms with van der Waals surface area (Å²) in [6.07, 6.45) is 5.56. The quantitative estimate of drug-likeness (QED) is 0.497. The largest absolute Gasteiger partial charge is 0.416 e. The summed E-state index contributed by atoms with van der Waals surface area (Å²) >= 11 is 0. The zero-order chi connectivity index (χ0) is 15.5. The van der Waals surface area contributed by atoms with Gasteiger partial charge in [0.15, 0.2) is 14.0 Å². The van der Waals surface area contributed by atoms with Gasteiger partial charge < -0.3 is 4.43 Å². The number of hydrogen-bond acceptors (Lipinski definition) is 4. The van der Waals surface area contributed by atoms with Crippen LogP contribution in [0, 0.1) is 12.0 Å². The van der Waals surface area contributed by atoms with E-state index in [1.807, 2.05) is 0 Å². The van der Waals surface area contributed by atoms with Crippen molar-refractivity contribution in [3.05, 3.63) is 18.9 Å². The lowest BCUT2D eigenvalue weighted by Gasteiger charge is -2.35. The lowest BCUT2D eigenvalue weighted by atomic mass is 10.2. The van der Waals surface area contributed by atoms with Crippen molar-refractivity contribution in [1.29, 1.82) is 0 Å². The summed E-state index contributed by atoms with van der Waals surface area (Å²) in [5.74, 6) is 3.11. The number of hydrogen-bond donors (Lipinski definition) is 0. The molecule has 0 unspecified atom stereocenters. The van der Waals surface area contributed by atoms with Gasteiger partial charge in [-0.15, -0.1) is 0 Å². The number of nitrogens with zero attached hydrogens (tertiary/aromatic N) is 4. The Morgan fingerprint density at radius 2 is 2.05 bits per heavy atom. The second kappa shape index (κ2) is 5.96. The van der Waals surface area contributed by atoms with Crippen molar-refractivity contribution in [2.24, 2.45) is 0 Å². The Bertz CT molecular complexity index is 676. The van der Waals surface area contributed by atoms with Crippen molar-refractivity contribution in [2.45, 2.75) is 45.3 Å². The Morgan fingerprint density at radius 3 is 2.76 bits per heavy atom. The Kier molecular flexibility index (Phi) is 4.45. The Labute approximate surface area is 126 Å². The molecule has 0 aliphatic carbocycles. The van der Waals surface area contributed by atoms with Gasteiger partial charge in [0.05, 0.1) is 6.20 Å². The monoisotopic (exact) mass is 302 g/mol. The van der Waals surface area contributed by atoms with Gasteiger partial charge >= 0.3 is 0 Å². The molecule has 0 bridgehead atoms. The van der Waals surface area contributed by atoms with Crippen LogP contribution >= 0.6 is 0 Å². The number of rotatable bonds is 3. The molecule has 0 N–H and O–H groups in total. The van der Waals surface area contributed by atoms with Gasteiger partial charge in [0, 0.05) is 19.1 Å². The third-order valence-corrected chi connectivity index (χ3v) is 8.45. The number of fused-ring (bicyclic) bond motifs is 1. The molecule has 5 nitrogen and oxygen atoms in total. The summed E-state index contributed by atoms with van der Waals surface area (Å²) in [4.78, 5) is 12.3. The van der Waals surface area contributed by atoms with Crippen LogP contribution in [0.1, 0.15) is 27.2 Å². The first-order chi connectivity index (χ1) is 9.81. The van der Waals surface area contributed by atoms with E-state index in [0.29, 0.717) is 13.0 Å². The number of imidazole rings is 1. The van der Waals surface area contributed by atoms with Crippen LogP contribution in [-0.4, -0.2) is 34.4 Å². The molecule has 0 saturated carbocycles. The van der Waals surface area contributed by atoms with Gasteiger partial charge in [-0.3, -0.25) is 0 Å². The predicted octanol–water partition coefficient (Wildman–Crippen LogP) is 3.05. The topological polar surface area (TPSA) is 52.8 Å². The van der Waals surface area contributed by atoms with Gasteiger partial charge in [0.25, 0.3) is 0 Å². The molecule has 2 heterocycles. The molecule has 0 atom stereocenters. The molecule has 0 saturated heterocycles. The molecule has 0 radical (unpaired) electrons. The van der Waals surface area contributed by atoms with Crippen molar-refractivity contribution in [3.63, 3.8) is 0 Å². The van der Waals surface area contributed by atoms with Gasteiger partial charge in [0.1, 0.15) is 18.2 Å². The van der Waals surface area contributed by atoms with Gasteiger partial charge in [-0.05, 0) is 18.1 Å². The smallest absolute Gasteiger partial charge is 0.192 e. The van der Waals surface area contributed by atoms with Crippen molar-refractivity contribution in [1.82, 2.24) is 19.5 Å². The molecule has 2 rings (SSSR count). The molecular formula is C15H22N4OSi. The van der Waals surface area contributed by atoms with Crippen molar-refractivity contribution in [2.75, 3.05) is 6.61 Å². The minimum absolute atomic E-state index is 0.234. The summed E-state index contributed by atoms with van der Waals surface area (Å²) < 4.78 is 7.81. The Balaban J connectivity index is 1.93. The molecule has 2 aromatic heterocycles. The predicted molar refractivity (Wildman–Crippen MR) is 86.3 cm³/mol. The van der Waals surface area contributed by atoms with E-state index in [0.717, 1.165) is 11.2 Å². The van der Waals surface area contributed by atoms with Gasteiger partial charge in [-0.2, -0.15) is 0 Å². The average Bonchev–Trinajstić information content (AvgIpc) is 2.80. The second-order valence-corrected chi connectivity index (χ2v) is 11.3. The first-order valence-electron chi connectivity index (χ1n) is 7.07. The minimum atomic E-state index is -1.67. The molecule has 0 spiro atoms. The van der Waals surface area contributed by atoms with E-state index in [4.69, 9.17) is 4.43 Å². The maximum Gasteiger partial charge on any atom is 0.192 e. The fraction of sp³-hybridized carbons (Fsp3) is 0.533. The second-order valence-electron chi connectivity index (χ2n) is 6.49. The Hall–Kier alpha value is -1.71. The normalized spacial score (nSPS) is 12.2. The maximum atomic E-state index is 6.09. The van der Waals surface area contributed by atoms with Crippen LogP contribution in [0.15, 0.2) is 18.9 Å². The fourth-order valence-electron chi connectivity index (χ4n) is 1.56. The highest BCUT2D eigenvalue weighted by atomic mass is 28.4. The molecule has 0 aliphatic heterocycles. The zero-order valence-corrected chi connectivity index (χ0v) is 14.3. The SMILES string of the molecule is CC(C)(C)[Si](C)(C)OCCC#Cn1cnc2cncnc21. The van der Waals surface area contributed by atoms with Crippen LogP contribution in [0.4, 0.5) is 0 Å². The minimum Gasteiger partial charge on any atom is -0.416 e. The molecule has 6 heteroatoms. The average molecular weight is 302 g/mol. The Morgan fingerprint density at radius 1 is 1.29 bits per heavy atom. The van der Waals surface area contributed by atoms with Gasteiger partial charge in [0.2, 0.25) is 0 Å². The standard InChI is InChI=1S/C15H22N4OSi/c1-15(2,3)21(4,5)20-9-7-6-8-19-12-18-13-10-16-11-17-14(13)19/h10-12H,7,9H2,1-5H3. The van der Waals surface area contributed by atoms with E-state index in [1.54, 1.807) is 17.1 Å². The lowest BCUT2D eigenvalue weighted by molar-refractivity contribution is 0.296. The molecule has 2 aromatic rings. The van der Waals surface area contributed by atoms with Crippen molar-refractivity contribution < 1.29 is 4.43 Å². The van der Waals surface area contributed by atoms with Crippen LogP contribution in [0.5, 0.6) is 0 Å². The molecule has 0 aliphatic rings. The first-order valence-corrected chi connectivity index (χ1v) is 9.98. The number of aromatic nitrogens is 4. The first kappa shape index (κ1) is 15.7. The van der Waals surface area contributed by atoms with E-state index < -0.39 is 8.32 Å². The molecule has 112 valence electrons. The van der Waals surface area contributed by atoms with E-state index >= 15 is 0 Å². The molecule has 0 fully saturated rings. The van der Waals surface area contributed by atoms with Crippen LogP contribution in [0.3, 0.4) is 0 Å². The van der Waals surface area contributed by atoms with E-state index in [9.17, 15) is 0 Å². The van der Waals surface area contributed by atoms with Crippen LogP contribution in [0.25, 0.3) is 11.2 Å². The van der Waals surface area contributed by atoms with E-state index in [-0.39, 0.29) is 5.04 Å². The summed E-state index contributed by atoms with van der Waals surface area (Å²) in [6.45, 7) is 11.9. The van der Waals surface area contributed by atoms with Crippen molar-refractivity contribution >= 4 is 19.5 Å². The maximum absolute atomic E-state index is 6.09.